The van der Waals surface area contributed by atoms with Gasteiger partial charge in [-0.2, -0.15) is 0 Å². The molecule has 0 aliphatic heterocycles. The molecule has 0 radical (unpaired) electrons. The molecule has 10 nitrogen and oxygen atoms in total. The number of carboxylic acid groups (broad SMARTS) is 1. The van der Waals surface area contributed by atoms with E-state index in [4.69, 9.17) is 33.0 Å². The highest BCUT2D eigenvalue weighted by atomic mass is 35.5. The van der Waals surface area contributed by atoms with Gasteiger partial charge in [0.2, 0.25) is 5.16 Å². The standard InChI is InChI=1S/C20H17Cl2N5O5S/c21-13-6-7-14(22)17(8-13)33-19-24-25-26-27(19)10-16(28)15(9-18(29)30)23-20(31)32-11-12-4-2-1-3-5-12/h1-8,15H,9-11H2,(H,23,31)(H,29,30). The Bertz CT molecular complexity index is 1140. The number of aromatic nitrogens is 4. The first kappa shape index (κ1) is 24.5. The SMILES string of the molecule is O=C(O)CC(NC(=O)OCc1ccccc1)C(=O)Cn1nnnc1Sc1cc(Cl)ccc1Cl. The number of hydrogen-bond acceptors (Lipinski definition) is 8. The zero-order chi connectivity index (χ0) is 23.8. The van der Waals surface area contributed by atoms with Gasteiger partial charge in [0.1, 0.15) is 19.2 Å². The first-order valence-corrected chi connectivity index (χ1v) is 11.0. The molecule has 2 N–H and O–H groups in total. The minimum atomic E-state index is -1.34. The Hall–Kier alpha value is -3.15. The van der Waals surface area contributed by atoms with Crippen LogP contribution in [0.1, 0.15) is 12.0 Å². The van der Waals surface area contributed by atoms with Crippen molar-refractivity contribution in [2.24, 2.45) is 0 Å². The molecule has 0 saturated heterocycles. The van der Waals surface area contributed by atoms with E-state index >= 15 is 0 Å². The number of rotatable bonds is 10. The van der Waals surface area contributed by atoms with Gasteiger partial charge in [0.25, 0.3) is 0 Å². The van der Waals surface area contributed by atoms with E-state index in [9.17, 15) is 14.4 Å². The Morgan fingerprint density at radius 2 is 1.91 bits per heavy atom. The summed E-state index contributed by atoms with van der Waals surface area (Å²) < 4.78 is 6.26. The van der Waals surface area contributed by atoms with Crippen LogP contribution in [0, 0.1) is 0 Å². The monoisotopic (exact) mass is 509 g/mol. The number of Topliss-reactive ketones (excluding diaryl/α,β-unsaturated/α-hetero) is 1. The lowest BCUT2D eigenvalue weighted by atomic mass is 10.1. The van der Waals surface area contributed by atoms with Crippen molar-refractivity contribution < 1.29 is 24.2 Å². The van der Waals surface area contributed by atoms with E-state index in [1.807, 2.05) is 6.07 Å². The lowest BCUT2D eigenvalue weighted by Gasteiger charge is -2.16. The molecule has 0 spiro atoms. The van der Waals surface area contributed by atoms with Gasteiger partial charge < -0.3 is 15.2 Å². The molecule has 1 atom stereocenters. The van der Waals surface area contributed by atoms with Crippen LogP contribution in [0.2, 0.25) is 10.0 Å². The smallest absolute Gasteiger partial charge is 0.408 e. The van der Waals surface area contributed by atoms with Gasteiger partial charge in [0.05, 0.1) is 11.4 Å². The number of tetrazole rings is 1. The number of ether oxygens (including phenoxy) is 1. The molecule has 1 heterocycles. The van der Waals surface area contributed by atoms with Crippen LogP contribution in [0.25, 0.3) is 0 Å². The number of alkyl carbamates (subject to hydrolysis) is 1. The average molecular weight is 510 g/mol. The van der Waals surface area contributed by atoms with E-state index in [0.717, 1.165) is 17.3 Å². The zero-order valence-electron chi connectivity index (χ0n) is 16.9. The van der Waals surface area contributed by atoms with E-state index in [-0.39, 0.29) is 18.3 Å². The minimum absolute atomic E-state index is 0.0329. The predicted molar refractivity (Wildman–Crippen MR) is 119 cm³/mol. The summed E-state index contributed by atoms with van der Waals surface area (Å²) in [5.41, 5.74) is 0.740. The number of nitrogens with one attached hydrogen (secondary N) is 1. The van der Waals surface area contributed by atoms with Gasteiger partial charge in [-0.05, 0) is 46.0 Å². The normalized spacial score (nSPS) is 11.6. The van der Waals surface area contributed by atoms with Crippen molar-refractivity contribution in [1.29, 1.82) is 0 Å². The third-order valence-corrected chi connectivity index (χ3v) is 5.88. The molecule has 1 amide bonds. The summed E-state index contributed by atoms with van der Waals surface area (Å²) in [6.45, 7) is -0.417. The van der Waals surface area contributed by atoms with Crippen LogP contribution in [-0.2, 0) is 27.5 Å². The second-order valence-electron chi connectivity index (χ2n) is 6.62. The predicted octanol–water partition coefficient (Wildman–Crippen LogP) is 3.47. The quantitative estimate of drug-likeness (QED) is 0.420. The van der Waals surface area contributed by atoms with Crippen LogP contribution < -0.4 is 5.32 Å². The number of amides is 1. The van der Waals surface area contributed by atoms with Gasteiger partial charge in [-0.25, -0.2) is 9.48 Å². The minimum Gasteiger partial charge on any atom is -0.481 e. The third-order valence-electron chi connectivity index (χ3n) is 4.17. The van der Waals surface area contributed by atoms with Gasteiger partial charge in [-0.3, -0.25) is 9.59 Å². The van der Waals surface area contributed by atoms with Gasteiger partial charge >= 0.3 is 12.1 Å². The van der Waals surface area contributed by atoms with E-state index in [1.165, 1.54) is 4.68 Å². The third kappa shape index (κ3) is 7.45. The fourth-order valence-corrected chi connectivity index (χ4v) is 3.91. The van der Waals surface area contributed by atoms with Crippen molar-refractivity contribution in [3.63, 3.8) is 0 Å². The molecule has 172 valence electrons. The molecule has 3 rings (SSSR count). The van der Waals surface area contributed by atoms with Crippen molar-refractivity contribution in [1.82, 2.24) is 25.5 Å². The lowest BCUT2D eigenvalue weighted by Crippen LogP contribution is -2.44. The number of hydrogen-bond donors (Lipinski definition) is 2. The summed E-state index contributed by atoms with van der Waals surface area (Å²) in [5.74, 6) is -1.89. The van der Waals surface area contributed by atoms with Crippen molar-refractivity contribution >= 4 is 52.8 Å². The number of halogens is 2. The molecular formula is C20H17Cl2N5O5S. The Labute approximate surface area is 202 Å². The van der Waals surface area contributed by atoms with Crippen LogP contribution in [-0.4, -0.2) is 49.2 Å². The van der Waals surface area contributed by atoms with Crippen LogP contribution in [0.3, 0.4) is 0 Å². The maximum Gasteiger partial charge on any atom is 0.408 e. The van der Waals surface area contributed by atoms with E-state index in [0.29, 0.717) is 14.9 Å². The summed E-state index contributed by atoms with van der Waals surface area (Å²) in [6, 6.07) is 12.4. The highest BCUT2D eigenvalue weighted by Crippen LogP contribution is 2.33. The molecule has 2 aromatic carbocycles. The highest BCUT2D eigenvalue weighted by molar-refractivity contribution is 7.99. The summed E-state index contributed by atoms with van der Waals surface area (Å²) in [4.78, 5) is 36.7. The second kappa shape index (κ2) is 11.6. The Kier molecular flexibility index (Phi) is 8.64. The fourth-order valence-electron chi connectivity index (χ4n) is 2.61. The number of carboxylic acids is 1. The molecule has 0 bridgehead atoms. The molecular weight excluding hydrogens is 493 g/mol. The van der Waals surface area contributed by atoms with Crippen LogP contribution >= 0.6 is 35.0 Å². The average Bonchev–Trinajstić information content (AvgIpc) is 3.21. The molecule has 3 aromatic rings. The summed E-state index contributed by atoms with van der Waals surface area (Å²) in [7, 11) is 0. The van der Waals surface area contributed by atoms with Crippen molar-refractivity contribution in [3.8, 4) is 0 Å². The summed E-state index contributed by atoms with van der Waals surface area (Å²) in [5, 5.41) is 23.7. The topological polar surface area (TPSA) is 136 Å². The van der Waals surface area contributed by atoms with E-state index in [1.54, 1.807) is 42.5 Å². The van der Waals surface area contributed by atoms with E-state index < -0.39 is 30.3 Å². The first-order valence-electron chi connectivity index (χ1n) is 9.42. The first-order chi connectivity index (χ1) is 15.8. The molecule has 1 aromatic heterocycles. The molecule has 1 unspecified atom stereocenters. The molecule has 33 heavy (non-hydrogen) atoms. The molecule has 0 fully saturated rings. The Balaban J connectivity index is 1.65. The summed E-state index contributed by atoms with van der Waals surface area (Å²) >= 11 is 13.2. The maximum atomic E-state index is 12.8. The molecule has 0 saturated carbocycles. The molecule has 13 heteroatoms. The second-order valence-corrected chi connectivity index (χ2v) is 8.47. The fraction of sp³-hybridized carbons (Fsp3) is 0.200. The number of ketones is 1. The van der Waals surface area contributed by atoms with Gasteiger partial charge in [0, 0.05) is 9.92 Å². The van der Waals surface area contributed by atoms with Gasteiger partial charge in [0.15, 0.2) is 5.78 Å². The highest BCUT2D eigenvalue weighted by Gasteiger charge is 2.26. The van der Waals surface area contributed by atoms with Crippen LogP contribution in [0.4, 0.5) is 4.79 Å². The van der Waals surface area contributed by atoms with Gasteiger partial charge in [-0.1, -0.05) is 53.5 Å². The van der Waals surface area contributed by atoms with Crippen molar-refractivity contribution in [2.75, 3.05) is 0 Å². The number of benzene rings is 2. The van der Waals surface area contributed by atoms with Crippen LogP contribution in [0.5, 0.6) is 0 Å². The molecule has 0 aliphatic rings. The van der Waals surface area contributed by atoms with Crippen molar-refractivity contribution in [2.45, 2.75) is 35.7 Å². The largest absolute Gasteiger partial charge is 0.481 e. The number of aliphatic carboxylic acids is 1. The van der Waals surface area contributed by atoms with Gasteiger partial charge in [-0.15, -0.1) is 5.10 Å². The number of nitrogens with zero attached hydrogens (tertiary/aromatic N) is 4. The van der Waals surface area contributed by atoms with Crippen LogP contribution in [0.15, 0.2) is 58.6 Å². The maximum absolute atomic E-state index is 12.8. The number of carbonyl (C=O) groups is 3. The Morgan fingerprint density at radius 3 is 2.64 bits per heavy atom. The Morgan fingerprint density at radius 1 is 1.15 bits per heavy atom. The lowest BCUT2D eigenvalue weighted by molar-refractivity contribution is -0.139. The summed E-state index contributed by atoms with van der Waals surface area (Å²) in [6.07, 6.45) is -1.56. The van der Waals surface area contributed by atoms with Crippen molar-refractivity contribution in [3.05, 3.63) is 64.1 Å². The number of carbonyl (C=O) groups excluding carboxylic acids is 2. The zero-order valence-corrected chi connectivity index (χ0v) is 19.2. The molecule has 0 aliphatic carbocycles. The van der Waals surface area contributed by atoms with E-state index in [2.05, 4.69) is 20.8 Å².